The molecule has 1 aromatic heterocycles. The summed E-state index contributed by atoms with van der Waals surface area (Å²) >= 11 is 0. The van der Waals surface area contributed by atoms with Gasteiger partial charge >= 0.3 is 0 Å². The molecule has 4 nitrogen and oxygen atoms in total. The third-order valence-electron chi connectivity index (χ3n) is 4.74. The van der Waals surface area contributed by atoms with Crippen molar-refractivity contribution in [2.24, 2.45) is 5.92 Å². The van der Waals surface area contributed by atoms with E-state index >= 15 is 0 Å². The minimum Gasteiger partial charge on any atom is -0.497 e. The van der Waals surface area contributed by atoms with Crippen molar-refractivity contribution in [1.29, 1.82) is 0 Å². The highest BCUT2D eigenvalue weighted by Gasteiger charge is 2.39. The van der Waals surface area contributed by atoms with E-state index in [1.165, 1.54) is 17.5 Å². The fraction of sp³-hybridized carbons (Fsp3) is 0.389. The smallest absolute Gasteiger partial charge is 0.119 e. The second kappa shape index (κ2) is 5.61. The van der Waals surface area contributed by atoms with Crippen molar-refractivity contribution in [3.05, 3.63) is 53.9 Å². The second-order valence-corrected chi connectivity index (χ2v) is 5.95. The number of hydrogen-bond donors (Lipinski definition) is 1. The molecule has 3 atom stereocenters. The fourth-order valence-electron chi connectivity index (χ4n) is 3.68. The summed E-state index contributed by atoms with van der Waals surface area (Å²) in [5, 5.41) is 3.70. The summed E-state index contributed by atoms with van der Waals surface area (Å²) < 4.78 is 11.5. The largest absolute Gasteiger partial charge is 0.497 e. The first-order chi connectivity index (χ1) is 10.9. The molecule has 0 amide bonds. The molecule has 0 radical (unpaired) electrons. The van der Waals surface area contributed by atoms with Gasteiger partial charge in [-0.3, -0.25) is 4.98 Å². The molecule has 1 fully saturated rings. The molecule has 22 heavy (non-hydrogen) atoms. The zero-order valence-electron chi connectivity index (χ0n) is 12.7. The highest BCUT2D eigenvalue weighted by molar-refractivity contribution is 5.59. The van der Waals surface area contributed by atoms with Crippen molar-refractivity contribution in [3.8, 4) is 5.75 Å². The van der Waals surface area contributed by atoms with E-state index in [-0.39, 0.29) is 12.1 Å². The predicted molar refractivity (Wildman–Crippen MR) is 85.0 cm³/mol. The summed E-state index contributed by atoms with van der Waals surface area (Å²) in [5.41, 5.74) is 3.64. The zero-order valence-corrected chi connectivity index (χ0v) is 12.7. The van der Waals surface area contributed by atoms with E-state index in [9.17, 15) is 0 Å². The van der Waals surface area contributed by atoms with Crippen LogP contribution in [0.3, 0.4) is 0 Å². The highest BCUT2D eigenvalue weighted by atomic mass is 16.5. The summed E-state index contributed by atoms with van der Waals surface area (Å²) in [4.78, 5) is 4.14. The van der Waals surface area contributed by atoms with Crippen molar-refractivity contribution >= 4 is 5.69 Å². The average molecular weight is 296 g/mol. The molecule has 4 heteroatoms. The lowest BCUT2D eigenvalue weighted by molar-refractivity contribution is -0.0382. The van der Waals surface area contributed by atoms with Gasteiger partial charge in [0.1, 0.15) is 5.75 Å². The zero-order chi connectivity index (χ0) is 14.9. The van der Waals surface area contributed by atoms with E-state index in [1.54, 1.807) is 7.11 Å². The van der Waals surface area contributed by atoms with Gasteiger partial charge in [0.15, 0.2) is 0 Å². The van der Waals surface area contributed by atoms with Gasteiger partial charge in [0, 0.05) is 36.2 Å². The Balaban J connectivity index is 1.77. The number of pyridine rings is 1. The Morgan fingerprint density at radius 3 is 2.91 bits per heavy atom. The number of ether oxygens (including phenoxy) is 2. The van der Waals surface area contributed by atoms with E-state index < -0.39 is 0 Å². The maximum atomic E-state index is 6.15. The summed E-state index contributed by atoms with van der Waals surface area (Å²) in [6.45, 7) is 0.834. The first-order valence-electron chi connectivity index (χ1n) is 7.83. The Morgan fingerprint density at radius 1 is 1.23 bits per heavy atom. The number of aromatic nitrogens is 1. The van der Waals surface area contributed by atoms with E-state index in [1.807, 2.05) is 18.5 Å². The molecule has 1 aromatic carbocycles. The van der Waals surface area contributed by atoms with Gasteiger partial charge in [-0.2, -0.15) is 0 Å². The van der Waals surface area contributed by atoms with E-state index in [2.05, 4.69) is 34.6 Å². The Labute approximate surface area is 130 Å². The first kappa shape index (κ1) is 13.6. The SMILES string of the molecule is COc1ccc2c(c1)[C@@H]1OCCC[C@@H]1[C@@H](c1ccncc1)N2. The second-order valence-electron chi connectivity index (χ2n) is 5.95. The Bertz CT molecular complexity index is 659. The van der Waals surface area contributed by atoms with Crippen LogP contribution in [-0.2, 0) is 4.74 Å². The molecule has 0 aliphatic carbocycles. The van der Waals surface area contributed by atoms with Crippen molar-refractivity contribution < 1.29 is 9.47 Å². The molecule has 114 valence electrons. The highest BCUT2D eigenvalue weighted by Crippen LogP contribution is 2.49. The van der Waals surface area contributed by atoms with Crippen LogP contribution in [0, 0.1) is 5.92 Å². The number of anilines is 1. The lowest BCUT2D eigenvalue weighted by Gasteiger charge is -2.43. The molecular weight excluding hydrogens is 276 g/mol. The Kier molecular flexibility index (Phi) is 3.47. The number of nitrogens with one attached hydrogen (secondary N) is 1. The molecule has 0 spiro atoms. The number of methoxy groups -OCH3 is 1. The summed E-state index contributed by atoms with van der Waals surface area (Å²) in [7, 11) is 1.71. The molecule has 0 bridgehead atoms. The van der Waals surface area contributed by atoms with Crippen LogP contribution in [0.4, 0.5) is 5.69 Å². The topological polar surface area (TPSA) is 43.4 Å². The van der Waals surface area contributed by atoms with Crippen LogP contribution in [0.2, 0.25) is 0 Å². The molecule has 0 saturated carbocycles. The van der Waals surface area contributed by atoms with Crippen LogP contribution in [-0.4, -0.2) is 18.7 Å². The van der Waals surface area contributed by atoms with Gasteiger partial charge in [0.25, 0.3) is 0 Å². The van der Waals surface area contributed by atoms with Crippen LogP contribution in [0.5, 0.6) is 5.75 Å². The molecule has 2 aliphatic heterocycles. The first-order valence-corrected chi connectivity index (χ1v) is 7.83. The summed E-state index contributed by atoms with van der Waals surface area (Å²) in [6.07, 6.45) is 6.14. The summed E-state index contributed by atoms with van der Waals surface area (Å²) in [5.74, 6) is 1.33. The number of fused-ring (bicyclic) bond motifs is 3. The summed E-state index contributed by atoms with van der Waals surface area (Å²) in [6, 6.07) is 10.7. The van der Waals surface area contributed by atoms with Gasteiger partial charge in [-0.25, -0.2) is 0 Å². The number of nitrogens with zero attached hydrogens (tertiary/aromatic N) is 1. The normalized spacial score (nSPS) is 26.5. The monoisotopic (exact) mass is 296 g/mol. The van der Waals surface area contributed by atoms with Crippen LogP contribution < -0.4 is 10.1 Å². The van der Waals surface area contributed by atoms with Gasteiger partial charge in [-0.1, -0.05) is 0 Å². The van der Waals surface area contributed by atoms with Crippen LogP contribution in [0.1, 0.15) is 36.1 Å². The predicted octanol–water partition coefficient (Wildman–Crippen LogP) is 3.72. The number of hydrogen-bond acceptors (Lipinski definition) is 4. The molecule has 0 unspecified atom stereocenters. The Morgan fingerprint density at radius 2 is 2.09 bits per heavy atom. The molecule has 1 saturated heterocycles. The quantitative estimate of drug-likeness (QED) is 0.917. The van der Waals surface area contributed by atoms with Crippen LogP contribution in [0.15, 0.2) is 42.7 Å². The van der Waals surface area contributed by atoms with Gasteiger partial charge in [0.05, 0.1) is 19.3 Å². The minimum atomic E-state index is 0.137. The minimum absolute atomic E-state index is 0.137. The molecule has 2 aromatic rings. The van der Waals surface area contributed by atoms with E-state index in [0.717, 1.165) is 24.5 Å². The van der Waals surface area contributed by atoms with Gasteiger partial charge in [-0.05, 0) is 48.7 Å². The molecule has 3 heterocycles. The van der Waals surface area contributed by atoms with Crippen molar-refractivity contribution in [2.75, 3.05) is 19.0 Å². The molecule has 1 N–H and O–H groups in total. The maximum Gasteiger partial charge on any atom is 0.119 e. The third kappa shape index (κ3) is 2.24. The van der Waals surface area contributed by atoms with Gasteiger partial charge in [-0.15, -0.1) is 0 Å². The van der Waals surface area contributed by atoms with Crippen LogP contribution >= 0.6 is 0 Å². The van der Waals surface area contributed by atoms with Crippen molar-refractivity contribution in [3.63, 3.8) is 0 Å². The van der Waals surface area contributed by atoms with E-state index in [4.69, 9.17) is 9.47 Å². The average Bonchev–Trinajstić information content (AvgIpc) is 2.61. The molecular formula is C18H20N2O2. The van der Waals surface area contributed by atoms with Crippen molar-refractivity contribution in [1.82, 2.24) is 4.98 Å². The van der Waals surface area contributed by atoms with Crippen LogP contribution in [0.25, 0.3) is 0 Å². The molecule has 4 rings (SSSR count). The van der Waals surface area contributed by atoms with Gasteiger partial charge in [0.2, 0.25) is 0 Å². The number of benzene rings is 1. The van der Waals surface area contributed by atoms with Crippen molar-refractivity contribution in [2.45, 2.75) is 25.0 Å². The van der Waals surface area contributed by atoms with E-state index in [0.29, 0.717) is 5.92 Å². The molecule has 2 aliphatic rings. The fourth-order valence-corrected chi connectivity index (χ4v) is 3.68. The lowest BCUT2D eigenvalue weighted by atomic mass is 9.77. The number of rotatable bonds is 2. The standard InChI is InChI=1S/C18H20N2O2/c1-21-13-4-5-16-15(11-13)18-14(3-2-10-22-18)17(20-16)12-6-8-19-9-7-12/h4-9,11,14,17-18,20H,2-3,10H2,1H3/t14-,17-,18-/m1/s1. The van der Waals surface area contributed by atoms with Gasteiger partial charge < -0.3 is 14.8 Å². The Hall–Kier alpha value is -2.07. The third-order valence-corrected chi connectivity index (χ3v) is 4.74. The maximum absolute atomic E-state index is 6.15. The lowest BCUT2D eigenvalue weighted by Crippen LogP contribution is -2.36.